The van der Waals surface area contributed by atoms with Gasteiger partial charge in [-0.2, -0.15) is 22.9 Å². The van der Waals surface area contributed by atoms with Crippen LogP contribution < -0.4 is 9.47 Å². The van der Waals surface area contributed by atoms with Gasteiger partial charge >= 0.3 is 40.8 Å². The van der Waals surface area contributed by atoms with Crippen molar-refractivity contribution >= 4 is 21.8 Å². The van der Waals surface area contributed by atoms with Crippen LogP contribution in [-0.4, -0.2) is 24.5 Å². The zero-order valence-corrected chi connectivity index (χ0v) is 37.6. The molecule has 0 spiro atoms. The minimum absolute atomic E-state index is 0. The number of ether oxygens (including phenoxy) is 2. The average Bonchev–Trinajstić information content (AvgIpc) is 3.56. The van der Waals surface area contributed by atoms with Gasteiger partial charge in [-0.05, 0) is 51.0 Å². The van der Waals surface area contributed by atoms with Crippen molar-refractivity contribution in [3.63, 3.8) is 0 Å². The molecule has 5 aromatic carbocycles. The molecule has 9 rings (SSSR count). The maximum Gasteiger partial charge on any atom is 2.00 e. The molecule has 7 nitrogen and oxygen atoms in total. The molecule has 4 aromatic heterocycles. The monoisotopic (exact) mass is 979 g/mol. The first-order valence-corrected chi connectivity index (χ1v) is 19.6. The number of pyridine rings is 2. The maximum atomic E-state index is 6.40. The molecule has 61 heavy (non-hydrogen) atoms. The van der Waals surface area contributed by atoms with E-state index in [1.54, 1.807) is 12.4 Å². The third-order valence-electron chi connectivity index (χ3n) is 10.2. The van der Waals surface area contributed by atoms with E-state index in [1.807, 2.05) is 114 Å². The van der Waals surface area contributed by atoms with Crippen molar-refractivity contribution in [3.8, 4) is 62.6 Å². The van der Waals surface area contributed by atoms with Gasteiger partial charge in [0.2, 0.25) is 5.95 Å². The van der Waals surface area contributed by atoms with Crippen LogP contribution in [0, 0.1) is 24.3 Å². The van der Waals surface area contributed by atoms with Gasteiger partial charge in [0.25, 0.3) is 0 Å². The zero-order chi connectivity index (χ0) is 40.7. The fourth-order valence-corrected chi connectivity index (χ4v) is 6.99. The molecule has 0 fully saturated rings. The topological polar surface area (TPSA) is 75.0 Å². The fraction of sp³-hybridized carbons (Fsp3) is 0.154. The molecule has 9 heteroatoms. The predicted molar refractivity (Wildman–Crippen MR) is 234 cm³/mol. The van der Waals surface area contributed by atoms with Gasteiger partial charge in [0.15, 0.2) is 0 Å². The van der Waals surface area contributed by atoms with E-state index < -0.39 is 0 Å². The Kier molecular flexibility index (Phi) is 12.5. The summed E-state index contributed by atoms with van der Waals surface area (Å²) < 4.78 is 14.8. The van der Waals surface area contributed by atoms with Crippen molar-refractivity contribution in [2.75, 3.05) is 0 Å². The van der Waals surface area contributed by atoms with Crippen LogP contribution in [0.15, 0.2) is 140 Å². The van der Waals surface area contributed by atoms with Crippen molar-refractivity contribution < 1.29 is 50.3 Å². The van der Waals surface area contributed by atoms with Gasteiger partial charge in [0.1, 0.15) is 0 Å². The van der Waals surface area contributed by atoms with Gasteiger partial charge in [-0.15, -0.1) is 71.8 Å². The summed E-state index contributed by atoms with van der Waals surface area (Å²) in [6.07, 6.45) is 7.32. The number of hydrogen-bond donors (Lipinski definition) is 0. The van der Waals surface area contributed by atoms with Crippen molar-refractivity contribution in [2.45, 2.75) is 52.4 Å². The Balaban J connectivity index is 0.00000281. The molecule has 0 saturated heterocycles. The quantitative estimate of drug-likeness (QED) is 0.112. The van der Waals surface area contributed by atoms with Crippen LogP contribution in [0.4, 0.5) is 0 Å². The Hall–Kier alpha value is -5.80. The minimum atomic E-state index is -0.0277. The van der Waals surface area contributed by atoms with Gasteiger partial charge < -0.3 is 24.0 Å². The van der Waals surface area contributed by atoms with Crippen LogP contribution in [0.25, 0.3) is 61.4 Å². The molecule has 9 aromatic rings. The van der Waals surface area contributed by atoms with Gasteiger partial charge in [0.05, 0.1) is 0 Å². The second-order valence-corrected chi connectivity index (χ2v) is 16.6. The Morgan fingerprint density at radius 1 is 0.459 bits per heavy atom. The van der Waals surface area contributed by atoms with Crippen LogP contribution in [-0.2, 0) is 51.7 Å². The number of nitrogens with zero attached hydrogens (tertiary/aromatic N) is 5. The number of rotatable bonds is 8. The molecule has 306 valence electrons. The summed E-state index contributed by atoms with van der Waals surface area (Å²) >= 11 is 0. The zero-order valence-electron chi connectivity index (χ0n) is 34.5. The standard InChI is InChI=1S/C52H41N5O2.2Pd/c1-51(2,3)38-25-36(26-39(29-38)52(4,5)6)37-32-55-50(56-33-37)57-48-30-42(58-40-15-11-13-34(27-40)46-17-7-9-23-53-46)19-21-44(48)45-22-20-43(31-49(45)57)59-41-16-12-14-35(28-41)47-18-8-10-24-54-47;;/h7-26,29,32-33H,1-6H3;;/q-4;2*+2. The van der Waals surface area contributed by atoms with E-state index >= 15 is 0 Å². The Morgan fingerprint density at radius 3 is 1.34 bits per heavy atom. The largest absolute Gasteiger partial charge is 2.00 e. The summed E-state index contributed by atoms with van der Waals surface area (Å²) in [4.78, 5) is 19.0. The third kappa shape index (κ3) is 9.27. The molecule has 0 radical (unpaired) electrons. The SMILES string of the molecule is CC(C)(C)c1cc(-c2cnc(-n3c4[c-]c(Oc5[c-]c(-c6ccccn6)ccc5)ccc4c4ccc(Oc5[c-]c(-c6ccccn6)ccc5)[c-]c43)nc2)cc(C(C)(C)C)c1.[Pd+2].[Pd+2]. The van der Waals surface area contributed by atoms with E-state index in [4.69, 9.17) is 19.4 Å². The summed E-state index contributed by atoms with van der Waals surface area (Å²) in [6, 6.07) is 51.6. The summed E-state index contributed by atoms with van der Waals surface area (Å²) in [7, 11) is 0. The number of benzene rings is 5. The smallest absolute Gasteiger partial charge is 0.503 e. The minimum Gasteiger partial charge on any atom is -0.503 e. The summed E-state index contributed by atoms with van der Waals surface area (Å²) in [5, 5.41) is 1.87. The van der Waals surface area contributed by atoms with Gasteiger partial charge in [-0.1, -0.05) is 107 Å². The van der Waals surface area contributed by atoms with Crippen molar-refractivity contribution in [3.05, 3.63) is 175 Å². The molecular formula is C52H41N5O2Pd2. The van der Waals surface area contributed by atoms with Crippen molar-refractivity contribution in [1.82, 2.24) is 24.5 Å². The Labute approximate surface area is 384 Å². The van der Waals surface area contributed by atoms with E-state index in [0.29, 0.717) is 28.9 Å². The molecule has 0 aliphatic carbocycles. The summed E-state index contributed by atoms with van der Waals surface area (Å²) in [6.45, 7) is 13.5. The Bertz CT molecular complexity index is 2780. The first-order valence-electron chi connectivity index (χ1n) is 19.6. The number of aromatic nitrogens is 5. The van der Waals surface area contributed by atoms with Crippen LogP contribution in [0.2, 0.25) is 0 Å². The second kappa shape index (κ2) is 17.7. The van der Waals surface area contributed by atoms with Gasteiger partial charge in [-0.25, -0.2) is 9.97 Å². The molecule has 0 N–H and O–H groups in total. The second-order valence-electron chi connectivity index (χ2n) is 16.6. The summed E-state index contributed by atoms with van der Waals surface area (Å²) in [5.74, 6) is 2.58. The van der Waals surface area contributed by atoms with Crippen LogP contribution in [0.5, 0.6) is 23.0 Å². The molecule has 0 unspecified atom stereocenters. The summed E-state index contributed by atoms with van der Waals surface area (Å²) in [5.41, 5.74) is 9.23. The van der Waals surface area contributed by atoms with Crippen LogP contribution >= 0.6 is 0 Å². The molecule has 4 heterocycles. The number of fused-ring (bicyclic) bond motifs is 3. The Morgan fingerprint density at radius 2 is 0.918 bits per heavy atom. The van der Waals surface area contributed by atoms with Crippen molar-refractivity contribution in [2.24, 2.45) is 0 Å². The predicted octanol–water partition coefficient (Wildman–Crippen LogP) is 12.7. The normalized spacial score (nSPS) is 11.5. The van der Waals surface area contributed by atoms with Crippen LogP contribution in [0.3, 0.4) is 0 Å². The van der Waals surface area contributed by atoms with E-state index in [-0.39, 0.29) is 51.7 Å². The van der Waals surface area contributed by atoms with E-state index in [1.165, 1.54) is 11.1 Å². The third-order valence-corrected chi connectivity index (χ3v) is 10.2. The molecule has 0 atom stereocenters. The fourth-order valence-electron chi connectivity index (χ4n) is 6.99. The first kappa shape index (κ1) is 43.3. The van der Waals surface area contributed by atoms with Crippen molar-refractivity contribution in [1.29, 1.82) is 0 Å². The molecule has 0 saturated carbocycles. The van der Waals surface area contributed by atoms with E-state index in [0.717, 1.165) is 55.4 Å². The molecule has 0 aliphatic rings. The molecule has 0 bridgehead atoms. The molecule has 0 aliphatic heterocycles. The first-order chi connectivity index (χ1) is 28.5. The van der Waals surface area contributed by atoms with Gasteiger partial charge in [-0.3, -0.25) is 0 Å². The average molecular weight is 981 g/mol. The maximum absolute atomic E-state index is 6.40. The molecular weight excluding hydrogens is 939 g/mol. The number of hydrogen-bond acceptors (Lipinski definition) is 6. The van der Waals surface area contributed by atoms with Gasteiger partial charge in [0, 0.05) is 53.3 Å². The van der Waals surface area contributed by atoms with E-state index in [2.05, 4.69) is 94.0 Å². The van der Waals surface area contributed by atoms with E-state index in [9.17, 15) is 0 Å². The van der Waals surface area contributed by atoms with Crippen LogP contribution in [0.1, 0.15) is 52.7 Å². The molecule has 0 amide bonds.